The van der Waals surface area contributed by atoms with Gasteiger partial charge in [-0.15, -0.1) is 0 Å². The largest absolute Gasteiger partial charge is 0.497 e. The lowest BCUT2D eigenvalue weighted by Crippen LogP contribution is -1.97. The summed E-state index contributed by atoms with van der Waals surface area (Å²) in [6.45, 7) is 2.64. The lowest BCUT2D eigenvalue weighted by Gasteiger charge is -2.15. The molecule has 0 fully saturated rings. The Kier molecular flexibility index (Phi) is 5.49. The third kappa shape index (κ3) is 3.55. The van der Waals surface area contributed by atoms with Gasteiger partial charge in [0.1, 0.15) is 11.5 Å². The van der Waals surface area contributed by atoms with Gasteiger partial charge in [-0.25, -0.2) is 0 Å². The summed E-state index contributed by atoms with van der Waals surface area (Å²) in [7, 11) is 1.68. The fourth-order valence-electron chi connectivity index (χ4n) is 1.95. The molecule has 0 aliphatic heterocycles. The van der Waals surface area contributed by atoms with E-state index in [1.54, 1.807) is 7.11 Å². The Bertz CT molecular complexity index is 584. The normalized spacial score (nSPS) is 12.0. The summed E-state index contributed by atoms with van der Waals surface area (Å²) in [5.41, 5.74) is 2.30. The molecule has 0 N–H and O–H groups in total. The molecule has 2 nitrogen and oxygen atoms in total. The summed E-state index contributed by atoms with van der Waals surface area (Å²) in [5, 5.41) is 0. The molecule has 2 aromatic carbocycles. The lowest BCUT2D eigenvalue weighted by atomic mass is 10.0. The number of ether oxygens (including phenoxy) is 2. The molecule has 0 saturated heterocycles. The van der Waals surface area contributed by atoms with Crippen molar-refractivity contribution in [3.63, 3.8) is 0 Å². The van der Waals surface area contributed by atoms with Gasteiger partial charge in [0.15, 0.2) is 0 Å². The van der Waals surface area contributed by atoms with Crippen LogP contribution in [0.15, 0.2) is 46.9 Å². The van der Waals surface area contributed by atoms with Gasteiger partial charge >= 0.3 is 0 Å². The minimum Gasteiger partial charge on any atom is -0.497 e. The summed E-state index contributed by atoms with van der Waals surface area (Å²) in [6.07, 6.45) is 0. The second-order valence-corrected chi connectivity index (χ2v) is 6.03. The van der Waals surface area contributed by atoms with E-state index in [0.29, 0.717) is 6.61 Å². The van der Waals surface area contributed by atoms with Crippen molar-refractivity contribution in [1.82, 2.24) is 0 Å². The second-order valence-electron chi connectivity index (χ2n) is 4.26. The van der Waals surface area contributed by atoms with Crippen LogP contribution in [0.5, 0.6) is 11.5 Å². The number of benzene rings is 2. The van der Waals surface area contributed by atoms with Crippen LogP contribution in [0.4, 0.5) is 0 Å². The Hall–Kier alpha value is -1.00. The van der Waals surface area contributed by atoms with E-state index in [2.05, 4.69) is 44.0 Å². The smallest absolute Gasteiger partial charge is 0.120 e. The molecule has 20 heavy (non-hydrogen) atoms. The zero-order valence-corrected chi connectivity index (χ0v) is 14.6. The topological polar surface area (TPSA) is 18.5 Å². The van der Waals surface area contributed by atoms with Crippen LogP contribution in [-0.4, -0.2) is 13.7 Å². The molecular formula is C16H16Br2O2. The molecule has 0 amide bonds. The van der Waals surface area contributed by atoms with Gasteiger partial charge < -0.3 is 9.47 Å². The van der Waals surface area contributed by atoms with Crippen molar-refractivity contribution in [3.05, 3.63) is 58.1 Å². The number of halogens is 2. The first-order chi connectivity index (χ1) is 9.65. The van der Waals surface area contributed by atoms with E-state index in [-0.39, 0.29) is 4.83 Å². The maximum atomic E-state index is 5.50. The third-order valence-corrected chi connectivity index (χ3v) is 4.65. The number of hydrogen-bond acceptors (Lipinski definition) is 2. The molecule has 4 heteroatoms. The van der Waals surface area contributed by atoms with Gasteiger partial charge in [0.2, 0.25) is 0 Å². The van der Waals surface area contributed by atoms with Crippen LogP contribution in [0, 0.1) is 0 Å². The maximum absolute atomic E-state index is 5.50. The van der Waals surface area contributed by atoms with Gasteiger partial charge in [0.05, 0.1) is 18.5 Å². The first kappa shape index (κ1) is 15.4. The van der Waals surface area contributed by atoms with Crippen molar-refractivity contribution in [1.29, 1.82) is 0 Å². The summed E-state index contributed by atoms with van der Waals surface area (Å²) < 4.78 is 11.8. The molecule has 1 unspecified atom stereocenters. The van der Waals surface area contributed by atoms with Gasteiger partial charge in [-0.05, 0) is 42.3 Å². The van der Waals surface area contributed by atoms with E-state index in [4.69, 9.17) is 9.47 Å². The summed E-state index contributed by atoms with van der Waals surface area (Å²) in [6, 6.07) is 14.1. The minimum absolute atomic E-state index is 0.0997. The van der Waals surface area contributed by atoms with Crippen LogP contribution < -0.4 is 9.47 Å². The van der Waals surface area contributed by atoms with Gasteiger partial charge in [0, 0.05) is 4.47 Å². The molecule has 0 aromatic heterocycles. The molecule has 106 valence electrons. The van der Waals surface area contributed by atoms with E-state index in [0.717, 1.165) is 27.1 Å². The zero-order valence-electron chi connectivity index (χ0n) is 11.4. The molecule has 2 rings (SSSR count). The fraction of sp³-hybridized carbons (Fsp3) is 0.250. The van der Waals surface area contributed by atoms with Gasteiger partial charge in [-0.2, -0.15) is 0 Å². The minimum atomic E-state index is 0.0997. The van der Waals surface area contributed by atoms with Gasteiger partial charge in [0.25, 0.3) is 0 Å². The Morgan fingerprint density at radius 3 is 2.55 bits per heavy atom. The molecule has 1 atom stereocenters. The Morgan fingerprint density at radius 2 is 1.90 bits per heavy atom. The summed E-state index contributed by atoms with van der Waals surface area (Å²) in [4.78, 5) is 0.0997. The van der Waals surface area contributed by atoms with Crippen LogP contribution in [0.3, 0.4) is 0 Å². The van der Waals surface area contributed by atoms with E-state index >= 15 is 0 Å². The highest BCUT2D eigenvalue weighted by molar-refractivity contribution is 9.11. The Balaban J connectivity index is 2.30. The van der Waals surface area contributed by atoms with Crippen molar-refractivity contribution < 1.29 is 9.47 Å². The standard InChI is InChI=1S/C16H16Br2O2/c1-3-20-13-7-8-14(15(17)10-13)16(18)11-5-4-6-12(9-11)19-2/h4-10,16H,3H2,1-2H3. The molecule has 0 saturated carbocycles. The average Bonchev–Trinajstić information content (AvgIpc) is 2.47. The van der Waals surface area contributed by atoms with E-state index in [9.17, 15) is 0 Å². The highest BCUT2D eigenvalue weighted by Gasteiger charge is 2.14. The highest BCUT2D eigenvalue weighted by atomic mass is 79.9. The summed E-state index contributed by atoms with van der Waals surface area (Å²) >= 11 is 7.35. The van der Waals surface area contributed by atoms with E-state index < -0.39 is 0 Å². The third-order valence-electron chi connectivity index (χ3n) is 2.94. The number of methoxy groups -OCH3 is 1. The molecule has 2 aromatic rings. The maximum Gasteiger partial charge on any atom is 0.120 e. The average molecular weight is 400 g/mol. The fourth-order valence-corrected chi connectivity index (χ4v) is 3.53. The quantitative estimate of drug-likeness (QED) is 0.631. The predicted octanol–water partition coefficient (Wildman–Crippen LogP) is 5.34. The van der Waals surface area contributed by atoms with Gasteiger partial charge in [-0.1, -0.05) is 50.1 Å². The molecule has 0 bridgehead atoms. The lowest BCUT2D eigenvalue weighted by molar-refractivity contribution is 0.340. The van der Waals surface area contributed by atoms with Crippen LogP contribution in [-0.2, 0) is 0 Å². The second kappa shape index (κ2) is 7.14. The highest BCUT2D eigenvalue weighted by Crippen LogP contribution is 2.37. The van der Waals surface area contributed by atoms with Crippen molar-refractivity contribution in [2.45, 2.75) is 11.8 Å². The van der Waals surface area contributed by atoms with E-state index in [1.807, 2.05) is 37.3 Å². The summed E-state index contributed by atoms with van der Waals surface area (Å²) in [5.74, 6) is 1.72. The monoisotopic (exact) mass is 398 g/mol. The van der Waals surface area contributed by atoms with Crippen LogP contribution in [0.1, 0.15) is 22.9 Å². The van der Waals surface area contributed by atoms with Crippen molar-refractivity contribution in [3.8, 4) is 11.5 Å². The van der Waals surface area contributed by atoms with E-state index in [1.165, 1.54) is 0 Å². The Labute approximate surface area is 136 Å². The number of alkyl halides is 1. The van der Waals surface area contributed by atoms with Crippen molar-refractivity contribution in [2.75, 3.05) is 13.7 Å². The van der Waals surface area contributed by atoms with Crippen molar-refractivity contribution >= 4 is 31.9 Å². The molecule has 0 radical (unpaired) electrons. The van der Waals surface area contributed by atoms with Crippen molar-refractivity contribution in [2.24, 2.45) is 0 Å². The first-order valence-corrected chi connectivity index (χ1v) is 8.06. The first-order valence-electron chi connectivity index (χ1n) is 6.36. The number of rotatable bonds is 5. The van der Waals surface area contributed by atoms with Crippen LogP contribution >= 0.6 is 31.9 Å². The zero-order chi connectivity index (χ0) is 14.5. The molecule has 0 aliphatic carbocycles. The molecule has 0 heterocycles. The predicted molar refractivity (Wildman–Crippen MR) is 89.1 cm³/mol. The number of hydrogen-bond donors (Lipinski definition) is 0. The van der Waals surface area contributed by atoms with Crippen LogP contribution in [0.2, 0.25) is 0 Å². The molecule has 0 spiro atoms. The SMILES string of the molecule is CCOc1ccc(C(Br)c2cccc(OC)c2)c(Br)c1. The molecule has 0 aliphatic rings. The molecular weight excluding hydrogens is 384 g/mol. The van der Waals surface area contributed by atoms with Gasteiger partial charge in [-0.3, -0.25) is 0 Å². The van der Waals surface area contributed by atoms with Crippen LogP contribution in [0.25, 0.3) is 0 Å². The Morgan fingerprint density at radius 1 is 1.10 bits per heavy atom.